The first-order chi connectivity index (χ1) is 9.93. The van der Waals surface area contributed by atoms with Gasteiger partial charge in [-0.05, 0) is 30.5 Å². The Bertz CT molecular complexity index is 461. The zero-order valence-corrected chi connectivity index (χ0v) is 13.2. The molecule has 2 rings (SSSR count). The first kappa shape index (κ1) is 16.3. The van der Waals surface area contributed by atoms with E-state index in [1.807, 2.05) is 32.0 Å². The van der Waals surface area contributed by atoms with Crippen molar-refractivity contribution in [3.8, 4) is 5.75 Å². The van der Waals surface area contributed by atoms with Crippen LogP contribution in [0.4, 0.5) is 0 Å². The van der Waals surface area contributed by atoms with Gasteiger partial charge in [0.15, 0.2) is 0 Å². The number of rotatable bonds is 7. The van der Waals surface area contributed by atoms with Crippen molar-refractivity contribution >= 4 is 0 Å². The fraction of sp³-hybridized carbons (Fsp3) is 0.647. The van der Waals surface area contributed by atoms with Crippen LogP contribution < -0.4 is 10.1 Å². The quantitative estimate of drug-likeness (QED) is 0.716. The lowest BCUT2D eigenvalue weighted by Gasteiger charge is -2.49. The zero-order valence-electron chi connectivity index (χ0n) is 13.2. The molecular weight excluding hydrogens is 266 g/mol. The summed E-state index contributed by atoms with van der Waals surface area (Å²) in [5.74, 6) is 0.799. The number of hydrogen-bond donors (Lipinski definition) is 3. The van der Waals surface area contributed by atoms with E-state index in [4.69, 9.17) is 4.74 Å². The predicted octanol–water partition coefficient (Wildman–Crippen LogP) is 1.74. The second kappa shape index (κ2) is 6.77. The van der Waals surface area contributed by atoms with E-state index in [1.165, 1.54) is 5.56 Å². The largest absolute Gasteiger partial charge is 0.491 e. The molecule has 0 saturated heterocycles. The van der Waals surface area contributed by atoms with Gasteiger partial charge in [-0.1, -0.05) is 32.9 Å². The molecule has 1 aliphatic rings. The van der Waals surface area contributed by atoms with Crippen LogP contribution in [0.5, 0.6) is 5.75 Å². The molecule has 3 N–H and O–H groups in total. The van der Waals surface area contributed by atoms with Gasteiger partial charge in [-0.3, -0.25) is 0 Å². The van der Waals surface area contributed by atoms with Crippen molar-refractivity contribution in [3.63, 3.8) is 0 Å². The number of hydrogen-bond acceptors (Lipinski definition) is 4. The Morgan fingerprint density at radius 3 is 2.81 bits per heavy atom. The Morgan fingerprint density at radius 1 is 1.43 bits per heavy atom. The normalized spacial score (nSPS) is 25.2. The van der Waals surface area contributed by atoms with Crippen molar-refractivity contribution in [2.24, 2.45) is 5.41 Å². The van der Waals surface area contributed by atoms with Crippen molar-refractivity contribution in [2.45, 2.75) is 51.9 Å². The first-order valence-corrected chi connectivity index (χ1v) is 7.74. The Kier molecular flexibility index (Phi) is 5.25. The van der Waals surface area contributed by atoms with E-state index < -0.39 is 6.10 Å². The van der Waals surface area contributed by atoms with Crippen LogP contribution in [0.15, 0.2) is 24.3 Å². The molecule has 0 spiro atoms. The molecule has 0 amide bonds. The molecule has 0 aromatic heterocycles. The van der Waals surface area contributed by atoms with E-state index in [9.17, 15) is 10.2 Å². The summed E-state index contributed by atoms with van der Waals surface area (Å²) in [7, 11) is 0. The molecule has 0 aliphatic heterocycles. The third kappa shape index (κ3) is 3.96. The van der Waals surface area contributed by atoms with Gasteiger partial charge in [-0.25, -0.2) is 0 Å². The van der Waals surface area contributed by atoms with Crippen LogP contribution >= 0.6 is 0 Å². The van der Waals surface area contributed by atoms with Gasteiger partial charge in [-0.15, -0.1) is 0 Å². The van der Waals surface area contributed by atoms with Gasteiger partial charge in [0.1, 0.15) is 18.5 Å². The third-order valence-electron chi connectivity index (χ3n) is 4.56. The summed E-state index contributed by atoms with van der Waals surface area (Å²) in [4.78, 5) is 0. The summed E-state index contributed by atoms with van der Waals surface area (Å²) in [6, 6.07) is 8.20. The van der Waals surface area contributed by atoms with Gasteiger partial charge >= 0.3 is 0 Å². The molecular formula is C17H27NO3. The molecule has 1 fully saturated rings. The lowest BCUT2D eigenvalue weighted by atomic mass is 9.64. The van der Waals surface area contributed by atoms with Crippen molar-refractivity contribution in [1.82, 2.24) is 5.32 Å². The summed E-state index contributed by atoms with van der Waals surface area (Å²) in [6.45, 7) is 6.94. The second-order valence-electron chi connectivity index (χ2n) is 6.50. The minimum absolute atomic E-state index is 0.115. The van der Waals surface area contributed by atoms with Gasteiger partial charge < -0.3 is 20.3 Å². The minimum Gasteiger partial charge on any atom is -0.491 e. The highest BCUT2D eigenvalue weighted by Gasteiger charge is 2.46. The van der Waals surface area contributed by atoms with Gasteiger partial charge in [-0.2, -0.15) is 0 Å². The van der Waals surface area contributed by atoms with E-state index in [-0.39, 0.29) is 24.2 Å². The molecule has 1 saturated carbocycles. The molecule has 1 aromatic carbocycles. The lowest BCUT2D eigenvalue weighted by Crippen LogP contribution is -2.61. The molecule has 0 radical (unpaired) electrons. The molecule has 4 nitrogen and oxygen atoms in total. The van der Waals surface area contributed by atoms with Crippen LogP contribution in [0.25, 0.3) is 0 Å². The maximum atomic E-state index is 9.99. The lowest BCUT2D eigenvalue weighted by molar-refractivity contribution is -0.0755. The van der Waals surface area contributed by atoms with Crippen molar-refractivity contribution in [1.29, 1.82) is 0 Å². The standard InChI is InChI=1S/C17H27NO3/c1-4-12-6-5-7-14(8-12)21-11-13(19)10-18-15-9-16(20)17(15,2)3/h5-8,13,15-16,18-20H,4,9-11H2,1-3H3. The summed E-state index contributed by atoms with van der Waals surface area (Å²) in [5.41, 5.74) is 1.11. The Labute approximate surface area is 127 Å². The Morgan fingerprint density at radius 2 is 2.19 bits per heavy atom. The Hall–Kier alpha value is -1.10. The van der Waals surface area contributed by atoms with Gasteiger partial charge in [0.25, 0.3) is 0 Å². The monoisotopic (exact) mass is 293 g/mol. The number of benzene rings is 1. The molecule has 3 unspecified atom stereocenters. The topological polar surface area (TPSA) is 61.7 Å². The summed E-state index contributed by atoms with van der Waals surface area (Å²) >= 11 is 0. The first-order valence-electron chi connectivity index (χ1n) is 7.74. The number of aryl methyl sites for hydroxylation is 1. The van der Waals surface area contributed by atoms with Crippen LogP contribution in [-0.2, 0) is 6.42 Å². The molecule has 21 heavy (non-hydrogen) atoms. The van der Waals surface area contributed by atoms with Gasteiger partial charge in [0, 0.05) is 18.0 Å². The molecule has 0 heterocycles. The summed E-state index contributed by atoms with van der Waals surface area (Å²) < 4.78 is 5.63. The molecule has 118 valence electrons. The van der Waals surface area contributed by atoms with Crippen LogP contribution in [-0.4, -0.2) is 41.6 Å². The molecule has 1 aromatic rings. The van der Waals surface area contributed by atoms with E-state index in [1.54, 1.807) is 0 Å². The number of nitrogens with one attached hydrogen (secondary N) is 1. The maximum Gasteiger partial charge on any atom is 0.119 e. The van der Waals surface area contributed by atoms with Crippen LogP contribution in [0.3, 0.4) is 0 Å². The van der Waals surface area contributed by atoms with E-state index in [0.717, 1.165) is 18.6 Å². The summed E-state index contributed by atoms with van der Waals surface area (Å²) in [6.07, 6.45) is 0.920. The fourth-order valence-corrected chi connectivity index (χ4v) is 2.63. The van der Waals surface area contributed by atoms with Crippen LogP contribution in [0, 0.1) is 5.41 Å². The van der Waals surface area contributed by atoms with Crippen LogP contribution in [0.2, 0.25) is 0 Å². The van der Waals surface area contributed by atoms with Crippen molar-refractivity contribution in [3.05, 3.63) is 29.8 Å². The number of aliphatic hydroxyl groups is 2. The predicted molar refractivity (Wildman–Crippen MR) is 83.5 cm³/mol. The summed E-state index contributed by atoms with van der Waals surface area (Å²) in [5, 5.41) is 23.0. The highest BCUT2D eigenvalue weighted by molar-refractivity contribution is 5.28. The minimum atomic E-state index is -0.552. The third-order valence-corrected chi connectivity index (χ3v) is 4.56. The molecule has 4 heteroatoms. The zero-order chi connectivity index (χ0) is 15.5. The fourth-order valence-electron chi connectivity index (χ4n) is 2.63. The SMILES string of the molecule is CCc1cccc(OCC(O)CNC2CC(O)C2(C)C)c1. The van der Waals surface area contributed by atoms with E-state index in [0.29, 0.717) is 6.54 Å². The molecule has 0 bridgehead atoms. The van der Waals surface area contributed by atoms with E-state index in [2.05, 4.69) is 18.3 Å². The average molecular weight is 293 g/mol. The number of ether oxygens (including phenoxy) is 1. The van der Waals surface area contributed by atoms with E-state index >= 15 is 0 Å². The smallest absolute Gasteiger partial charge is 0.119 e. The maximum absolute atomic E-state index is 9.99. The van der Waals surface area contributed by atoms with Gasteiger partial charge in [0.2, 0.25) is 0 Å². The number of aliphatic hydroxyl groups excluding tert-OH is 2. The van der Waals surface area contributed by atoms with Gasteiger partial charge in [0.05, 0.1) is 6.10 Å². The van der Waals surface area contributed by atoms with Crippen molar-refractivity contribution < 1.29 is 14.9 Å². The highest BCUT2D eigenvalue weighted by Crippen LogP contribution is 2.40. The molecule has 3 atom stereocenters. The highest BCUT2D eigenvalue weighted by atomic mass is 16.5. The molecule has 1 aliphatic carbocycles. The van der Waals surface area contributed by atoms with Crippen molar-refractivity contribution in [2.75, 3.05) is 13.2 Å². The Balaban J connectivity index is 1.71. The second-order valence-corrected chi connectivity index (χ2v) is 6.50. The van der Waals surface area contributed by atoms with Crippen LogP contribution in [0.1, 0.15) is 32.8 Å². The average Bonchev–Trinajstić information content (AvgIpc) is 2.49.